The molecule has 21 heavy (non-hydrogen) atoms. The zero-order valence-corrected chi connectivity index (χ0v) is 11.8. The smallest absolute Gasteiger partial charge is 0.286 e. The summed E-state index contributed by atoms with van der Waals surface area (Å²) in [5.74, 6) is 8.80. The summed E-state index contributed by atoms with van der Waals surface area (Å²) in [6.07, 6.45) is 1.37. The molecule has 0 radical (unpaired) electrons. The van der Waals surface area contributed by atoms with Crippen molar-refractivity contribution in [1.82, 2.24) is 20.6 Å². The van der Waals surface area contributed by atoms with Crippen molar-refractivity contribution in [2.24, 2.45) is 11.7 Å². The largest absolute Gasteiger partial charge is 0.290 e. The van der Waals surface area contributed by atoms with E-state index in [0.717, 1.165) is 5.56 Å². The van der Waals surface area contributed by atoms with Gasteiger partial charge in [-0.15, -0.1) is 0 Å². The van der Waals surface area contributed by atoms with Crippen molar-refractivity contribution in [3.05, 3.63) is 46.2 Å². The lowest BCUT2D eigenvalue weighted by molar-refractivity contribution is 0.0917. The minimum Gasteiger partial charge on any atom is -0.290 e. The average molecular weight is 309 g/mol. The SMILES string of the molecule is Cc1ccc(-n2cc(C(=O)NN)c(C(=O)NN)n2)cc1Cl. The van der Waals surface area contributed by atoms with Crippen LogP contribution in [0.5, 0.6) is 0 Å². The Morgan fingerprint density at radius 3 is 2.48 bits per heavy atom. The van der Waals surface area contributed by atoms with E-state index in [-0.39, 0.29) is 11.3 Å². The average Bonchev–Trinajstić information content (AvgIpc) is 2.93. The number of hydrogen-bond acceptors (Lipinski definition) is 5. The lowest BCUT2D eigenvalue weighted by atomic mass is 10.2. The third-order valence-electron chi connectivity index (χ3n) is 2.86. The van der Waals surface area contributed by atoms with Crippen molar-refractivity contribution in [2.75, 3.05) is 0 Å². The number of halogens is 1. The van der Waals surface area contributed by atoms with E-state index >= 15 is 0 Å². The van der Waals surface area contributed by atoms with Crippen molar-refractivity contribution < 1.29 is 9.59 Å². The molecular formula is C12H13ClN6O2. The van der Waals surface area contributed by atoms with E-state index < -0.39 is 11.8 Å². The minimum absolute atomic E-state index is 0.00264. The zero-order chi connectivity index (χ0) is 15.6. The van der Waals surface area contributed by atoms with E-state index in [9.17, 15) is 9.59 Å². The number of nitrogens with one attached hydrogen (secondary N) is 2. The van der Waals surface area contributed by atoms with Crippen LogP contribution in [0.4, 0.5) is 0 Å². The van der Waals surface area contributed by atoms with Crippen LogP contribution < -0.4 is 22.5 Å². The van der Waals surface area contributed by atoms with Crippen LogP contribution in [0.25, 0.3) is 5.69 Å². The van der Waals surface area contributed by atoms with Crippen LogP contribution in [0, 0.1) is 6.92 Å². The van der Waals surface area contributed by atoms with Gasteiger partial charge >= 0.3 is 0 Å². The fourth-order valence-corrected chi connectivity index (χ4v) is 1.89. The van der Waals surface area contributed by atoms with Gasteiger partial charge in [-0.3, -0.25) is 20.4 Å². The van der Waals surface area contributed by atoms with Gasteiger partial charge in [0.2, 0.25) is 0 Å². The fourth-order valence-electron chi connectivity index (χ4n) is 1.71. The Balaban J connectivity index is 2.55. The van der Waals surface area contributed by atoms with Gasteiger partial charge in [-0.05, 0) is 24.6 Å². The number of nitrogens with two attached hydrogens (primary N) is 2. The summed E-state index contributed by atoms with van der Waals surface area (Å²) < 4.78 is 1.35. The molecule has 0 spiro atoms. The molecule has 9 heteroatoms. The second-order valence-corrected chi connectivity index (χ2v) is 4.62. The van der Waals surface area contributed by atoms with Gasteiger partial charge in [0.15, 0.2) is 5.69 Å². The number of amides is 2. The molecule has 8 nitrogen and oxygen atoms in total. The van der Waals surface area contributed by atoms with E-state index in [4.69, 9.17) is 23.3 Å². The van der Waals surface area contributed by atoms with Gasteiger partial charge < -0.3 is 0 Å². The molecule has 0 fully saturated rings. The Kier molecular flexibility index (Phi) is 4.22. The monoisotopic (exact) mass is 308 g/mol. The van der Waals surface area contributed by atoms with Gasteiger partial charge in [0.05, 0.1) is 11.3 Å². The molecule has 1 aromatic carbocycles. The van der Waals surface area contributed by atoms with Crippen LogP contribution in [-0.4, -0.2) is 21.6 Å². The van der Waals surface area contributed by atoms with Gasteiger partial charge in [-0.1, -0.05) is 17.7 Å². The lowest BCUT2D eigenvalue weighted by Gasteiger charge is -2.03. The van der Waals surface area contributed by atoms with Gasteiger partial charge in [0, 0.05) is 11.2 Å². The predicted molar refractivity (Wildman–Crippen MR) is 76.6 cm³/mol. The normalized spacial score (nSPS) is 10.3. The molecule has 0 atom stereocenters. The summed E-state index contributed by atoms with van der Waals surface area (Å²) in [6.45, 7) is 1.86. The maximum absolute atomic E-state index is 11.7. The molecule has 0 unspecified atom stereocenters. The summed E-state index contributed by atoms with van der Waals surface area (Å²) >= 11 is 6.05. The number of carbonyl (C=O) groups excluding carboxylic acids is 2. The second kappa shape index (κ2) is 5.92. The van der Waals surface area contributed by atoms with Crippen molar-refractivity contribution in [1.29, 1.82) is 0 Å². The van der Waals surface area contributed by atoms with Crippen molar-refractivity contribution >= 4 is 23.4 Å². The van der Waals surface area contributed by atoms with Gasteiger partial charge in [-0.25, -0.2) is 16.4 Å². The van der Waals surface area contributed by atoms with Crippen molar-refractivity contribution in [3.8, 4) is 5.69 Å². The van der Waals surface area contributed by atoms with Crippen LogP contribution in [-0.2, 0) is 0 Å². The highest BCUT2D eigenvalue weighted by Crippen LogP contribution is 2.20. The Morgan fingerprint density at radius 2 is 1.90 bits per heavy atom. The zero-order valence-electron chi connectivity index (χ0n) is 11.1. The van der Waals surface area contributed by atoms with Crippen LogP contribution in [0.3, 0.4) is 0 Å². The minimum atomic E-state index is -0.703. The Hall–Kier alpha value is -2.42. The van der Waals surface area contributed by atoms with Crippen LogP contribution in [0.2, 0.25) is 5.02 Å². The van der Waals surface area contributed by atoms with E-state index in [0.29, 0.717) is 10.7 Å². The summed E-state index contributed by atoms with van der Waals surface area (Å²) in [5.41, 5.74) is 5.21. The third-order valence-corrected chi connectivity index (χ3v) is 3.26. The molecular weight excluding hydrogens is 296 g/mol. The summed E-state index contributed by atoms with van der Waals surface area (Å²) in [4.78, 5) is 23.3. The first-order chi connectivity index (χ1) is 9.97. The molecule has 110 valence electrons. The number of hydrogen-bond donors (Lipinski definition) is 4. The highest BCUT2D eigenvalue weighted by molar-refractivity contribution is 6.31. The van der Waals surface area contributed by atoms with Gasteiger partial charge in [0.1, 0.15) is 0 Å². The van der Waals surface area contributed by atoms with E-state index in [1.165, 1.54) is 10.9 Å². The molecule has 2 aromatic rings. The standard InChI is InChI=1S/C12H13ClN6O2/c1-6-2-3-7(4-9(6)13)19-5-8(11(20)16-14)10(18-19)12(21)17-15/h2-5H,14-15H2,1H3,(H,16,20)(H,17,21). The predicted octanol–water partition coefficient (Wildman–Crippen LogP) is 0.0411. The molecule has 0 saturated carbocycles. The third kappa shape index (κ3) is 2.87. The molecule has 0 aliphatic rings. The quantitative estimate of drug-likeness (QED) is 0.361. The molecule has 0 aliphatic heterocycles. The summed E-state index contributed by atoms with van der Waals surface area (Å²) in [6, 6.07) is 5.21. The van der Waals surface area contributed by atoms with Crippen LogP contribution in [0.1, 0.15) is 26.4 Å². The maximum atomic E-state index is 11.7. The van der Waals surface area contributed by atoms with Gasteiger partial charge in [0.25, 0.3) is 11.8 Å². The van der Waals surface area contributed by atoms with Crippen LogP contribution >= 0.6 is 11.6 Å². The first kappa shape index (κ1) is 15.0. The number of aryl methyl sites for hydroxylation is 1. The molecule has 2 amide bonds. The number of nitrogen functional groups attached to an aromatic ring is 2. The van der Waals surface area contributed by atoms with E-state index in [1.54, 1.807) is 18.2 Å². The van der Waals surface area contributed by atoms with Gasteiger partial charge in [-0.2, -0.15) is 5.10 Å². The Labute approximate surface area is 125 Å². The fraction of sp³-hybridized carbons (Fsp3) is 0.0833. The number of rotatable bonds is 3. The lowest BCUT2D eigenvalue weighted by Crippen LogP contribution is -2.35. The van der Waals surface area contributed by atoms with Crippen LogP contribution in [0.15, 0.2) is 24.4 Å². The molecule has 0 aliphatic carbocycles. The van der Waals surface area contributed by atoms with E-state index in [2.05, 4.69) is 5.10 Å². The second-order valence-electron chi connectivity index (χ2n) is 4.22. The number of hydrazine groups is 2. The molecule has 0 bridgehead atoms. The highest BCUT2D eigenvalue weighted by atomic mass is 35.5. The number of nitrogens with zero attached hydrogens (tertiary/aromatic N) is 2. The molecule has 2 rings (SSSR count). The van der Waals surface area contributed by atoms with E-state index in [1.807, 2.05) is 17.8 Å². The number of aromatic nitrogens is 2. The maximum Gasteiger partial charge on any atom is 0.286 e. The van der Waals surface area contributed by atoms with Crippen molar-refractivity contribution in [3.63, 3.8) is 0 Å². The topological polar surface area (TPSA) is 128 Å². The number of benzene rings is 1. The first-order valence-corrected chi connectivity index (χ1v) is 6.23. The van der Waals surface area contributed by atoms with Crippen molar-refractivity contribution in [2.45, 2.75) is 6.92 Å². The molecule has 1 heterocycles. The Bertz CT molecular complexity index is 678. The summed E-state index contributed by atoms with van der Waals surface area (Å²) in [5, 5.41) is 4.58. The number of carbonyl (C=O) groups is 2. The summed E-state index contributed by atoms with van der Waals surface area (Å²) in [7, 11) is 0. The highest BCUT2D eigenvalue weighted by Gasteiger charge is 2.21. The first-order valence-electron chi connectivity index (χ1n) is 5.86. The Morgan fingerprint density at radius 1 is 1.24 bits per heavy atom. The molecule has 0 saturated heterocycles. The molecule has 6 N–H and O–H groups in total. The molecule has 1 aromatic heterocycles.